The molecule has 0 amide bonds. The smallest absolute Gasteiger partial charge is 0.339 e. The van der Waals surface area contributed by atoms with Crippen LogP contribution >= 0.6 is 0 Å². The molecule has 1 heterocycles. The van der Waals surface area contributed by atoms with Crippen LogP contribution in [0.1, 0.15) is 59.8 Å². The van der Waals surface area contributed by atoms with E-state index in [2.05, 4.69) is 6.92 Å². The molecule has 1 aromatic heterocycles. The van der Waals surface area contributed by atoms with Crippen LogP contribution in [-0.2, 0) is 28.9 Å². The third kappa shape index (κ3) is 5.22. The molecule has 0 radical (unpaired) electrons. The Morgan fingerprint density at radius 3 is 2.46 bits per heavy atom. The maximum absolute atomic E-state index is 12.2. The number of carbonyl (C=O) groups is 2. The van der Waals surface area contributed by atoms with Crippen LogP contribution in [0.15, 0.2) is 36.5 Å². The summed E-state index contributed by atoms with van der Waals surface area (Å²) < 4.78 is 6.81. The van der Waals surface area contributed by atoms with E-state index in [1.54, 1.807) is 6.20 Å². The average Bonchev–Trinajstić information content (AvgIpc) is 2.96. The number of carboxylic acids is 1. The van der Waals surface area contributed by atoms with Crippen molar-refractivity contribution in [3.8, 4) is 0 Å². The van der Waals surface area contributed by atoms with Gasteiger partial charge in [-0.3, -0.25) is 4.79 Å². The first-order chi connectivity index (χ1) is 12.6. The lowest BCUT2D eigenvalue weighted by Gasteiger charge is -2.10. The Kier molecular flexibility index (Phi) is 7.45. The number of carbonyl (C=O) groups excluding carboxylic acids is 1. The first-order valence-corrected chi connectivity index (χ1v) is 9.11. The van der Waals surface area contributed by atoms with Gasteiger partial charge >= 0.3 is 11.9 Å². The molecule has 1 aromatic carbocycles. The standard InChI is InChI=1S/C21H27NO4/c1-3-4-5-9-12-17-18(21(25)26-2)15-22(19(17)13-20(23)24)14-16-10-7-6-8-11-16/h6-8,10-11,15H,3-5,9,12-14H2,1-2H3,(H,23,24). The first kappa shape index (κ1) is 19.8. The van der Waals surface area contributed by atoms with Gasteiger partial charge in [-0.25, -0.2) is 4.79 Å². The highest BCUT2D eigenvalue weighted by atomic mass is 16.5. The summed E-state index contributed by atoms with van der Waals surface area (Å²) in [7, 11) is 1.36. The van der Waals surface area contributed by atoms with Gasteiger partial charge in [0, 0.05) is 18.4 Å². The molecule has 140 valence electrons. The number of hydrogen-bond acceptors (Lipinski definition) is 3. The number of esters is 1. The van der Waals surface area contributed by atoms with E-state index in [1.165, 1.54) is 7.11 Å². The lowest BCUT2D eigenvalue weighted by molar-refractivity contribution is -0.136. The van der Waals surface area contributed by atoms with Crippen LogP contribution in [0.4, 0.5) is 0 Å². The average molecular weight is 357 g/mol. The highest BCUT2D eigenvalue weighted by molar-refractivity contribution is 5.91. The molecule has 0 bridgehead atoms. The second-order valence-corrected chi connectivity index (χ2v) is 6.45. The molecule has 5 nitrogen and oxygen atoms in total. The number of nitrogens with zero attached hydrogens (tertiary/aromatic N) is 1. The summed E-state index contributed by atoms with van der Waals surface area (Å²) in [6, 6.07) is 9.81. The molecule has 0 aliphatic carbocycles. The summed E-state index contributed by atoms with van der Waals surface area (Å²) in [6.07, 6.45) is 6.58. The minimum Gasteiger partial charge on any atom is -0.481 e. The number of aliphatic carboxylic acids is 1. The number of hydrogen-bond donors (Lipinski definition) is 1. The van der Waals surface area contributed by atoms with Gasteiger partial charge in [0.15, 0.2) is 0 Å². The number of carboxylic acid groups (broad SMARTS) is 1. The molecular weight excluding hydrogens is 330 g/mol. The van der Waals surface area contributed by atoms with Gasteiger partial charge in [0.2, 0.25) is 0 Å². The fraction of sp³-hybridized carbons (Fsp3) is 0.429. The number of benzene rings is 1. The molecule has 0 aliphatic rings. The van der Waals surface area contributed by atoms with Gasteiger partial charge in [-0.2, -0.15) is 0 Å². The van der Waals surface area contributed by atoms with Gasteiger partial charge in [-0.05, 0) is 24.0 Å². The van der Waals surface area contributed by atoms with Crippen molar-refractivity contribution in [1.82, 2.24) is 4.57 Å². The van der Waals surface area contributed by atoms with E-state index in [4.69, 9.17) is 4.74 Å². The second-order valence-electron chi connectivity index (χ2n) is 6.45. The van der Waals surface area contributed by atoms with Crippen molar-refractivity contribution in [2.45, 2.75) is 52.0 Å². The van der Waals surface area contributed by atoms with Gasteiger partial charge in [-0.15, -0.1) is 0 Å². The summed E-state index contributed by atoms with van der Waals surface area (Å²) in [6.45, 7) is 2.68. The zero-order valence-electron chi connectivity index (χ0n) is 15.5. The molecule has 0 aliphatic heterocycles. The van der Waals surface area contributed by atoms with Gasteiger partial charge < -0.3 is 14.4 Å². The highest BCUT2D eigenvalue weighted by Crippen LogP contribution is 2.24. The number of methoxy groups -OCH3 is 1. The van der Waals surface area contributed by atoms with Gasteiger partial charge in [-0.1, -0.05) is 56.5 Å². The molecule has 0 fully saturated rings. The van der Waals surface area contributed by atoms with Gasteiger partial charge in [0.25, 0.3) is 0 Å². The molecule has 5 heteroatoms. The quantitative estimate of drug-likeness (QED) is 0.514. The Balaban J connectivity index is 2.39. The molecule has 0 atom stereocenters. The van der Waals surface area contributed by atoms with E-state index >= 15 is 0 Å². The van der Waals surface area contributed by atoms with Gasteiger partial charge in [0.1, 0.15) is 0 Å². The van der Waals surface area contributed by atoms with Crippen LogP contribution in [0.25, 0.3) is 0 Å². The van der Waals surface area contributed by atoms with Crippen molar-refractivity contribution in [2.75, 3.05) is 7.11 Å². The lowest BCUT2D eigenvalue weighted by Crippen LogP contribution is -2.11. The fourth-order valence-electron chi connectivity index (χ4n) is 3.21. The van der Waals surface area contributed by atoms with Crippen LogP contribution in [0.3, 0.4) is 0 Å². The summed E-state index contributed by atoms with van der Waals surface area (Å²) >= 11 is 0. The SMILES string of the molecule is CCCCCCc1c(C(=O)OC)cn(Cc2ccccc2)c1CC(=O)O. The molecule has 0 saturated carbocycles. The first-order valence-electron chi connectivity index (χ1n) is 9.11. The summed E-state index contributed by atoms with van der Waals surface area (Å²) in [5.41, 5.74) is 3.05. The van der Waals surface area contributed by atoms with Crippen LogP contribution in [0.2, 0.25) is 0 Å². The van der Waals surface area contributed by atoms with Crippen molar-refractivity contribution in [1.29, 1.82) is 0 Å². The van der Waals surface area contributed by atoms with Crippen LogP contribution in [0.5, 0.6) is 0 Å². The Morgan fingerprint density at radius 2 is 1.85 bits per heavy atom. The predicted octanol–water partition coefficient (Wildman–Crippen LogP) is 4.07. The molecular formula is C21H27NO4. The number of rotatable bonds is 10. The van der Waals surface area contributed by atoms with E-state index in [9.17, 15) is 14.7 Å². The summed E-state index contributed by atoms with van der Waals surface area (Å²) in [5.74, 6) is -1.31. The minimum absolute atomic E-state index is 0.104. The van der Waals surface area contributed by atoms with Crippen molar-refractivity contribution < 1.29 is 19.4 Å². The van der Waals surface area contributed by atoms with Crippen molar-refractivity contribution in [3.05, 3.63) is 58.9 Å². The van der Waals surface area contributed by atoms with Crippen LogP contribution in [0, 0.1) is 0 Å². The van der Waals surface area contributed by atoms with Gasteiger partial charge in [0.05, 0.1) is 19.1 Å². The number of aromatic nitrogens is 1. The van der Waals surface area contributed by atoms with E-state index < -0.39 is 11.9 Å². The Morgan fingerprint density at radius 1 is 1.12 bits per heavy atom. The van der Waals surface area contributed by atoms with Crippen molar-refractivity contribution in [3.63, 3.8) is 0 Å². The Labute approximate surface area is 154 Å². The zero-order chi connectivity index (χ0) is 18.9. The molecule has 1 N–H and O–H groups in total. The molecule has 26 heavy (non-hydrogen) atoms. The fourth-order valence-corrected chi connectivity index (χ4v) is 3.21. The topological polar surface area (TPSA) is 68.5 Å². The minimum atomic E-state index is -0.899. The predicted molar refractivity (Wildman–Crippen MR) is 101 cm³/mol. The summed E-state index contributed by atoms with van der Waals surface area (Å²) in [5, 5.41) is 9.37. The van der Waals surface area contributed by atoms with E-state index in [1.807, 2.05) is 34.9 Å². The van der Waals surface area contributed by atoms with Crippen molar-refractivity contribution >= 4 is 11.9 Å². The molecule has 0 saturated heterocycles. The number of ether oxygens (including phenoxy) is 1. The molecule has 0 unspecified atom stereocenters. The lowest BCUT2D eigenvalue weighted by atomic mass is 10.0. The Hall–Kier alpha value is -2.56. The third-order valence-electron chi connectivity index (χ3n) is 4.51. The normalized spacial score (nSPS) is 10.7. The van der Waals surface area contributed by atoms with Crippen molar-refractivity contribution in [2.24, 2.45) is 0 Å². The maximum Gasteiger partial charge on any atom is 0.339 e. The maximum atomic E-state index is 12.2. The second kappa shape index (κ2) is 9.80. The molecule has 0 spiro atoms. The number of unbranched alkanes of at least 4 members (excludes halogenated alkanes) is 3. The van der Waals surface area contributed by atoms with Crippen LogP contribution < -0.4 is 0 Å². The molecule has 2 rings (SSSR count). The Bertz CT molecular complexity index is 734. The van der Waals surface area contributed by atoms with E-state index in [0.29, 0.717) is 24.2 Å². The summed E-state index contributed by atoms with van der Waals surface area (Å²) in [4.78, 5) is 23.7. The van der Waals surface area contributed by atoms with E-state index in [0.717, 1.165) is 36.8 Å². The monoisotopic (exact) mass is 357 g/mol. The van der Waals surface area contributed by atoms with E-state index in [-0.39, 0.29) is 6.42 Å². The highest BCUT2D eigenvalue weighted by Gasteiger charge is 2.22. The third-order valence-corrected chi connectivity index (χ3v) is 4.51. The largest absolute Gasteiger partial charge is 0.481 e. The zero-order valence-corrected chi connectivity index (χ0v) is 15.5. The van der Waals surface area contributed by atoms with Crippen LogP contribution in [-0.4, -0.2) is 28.7 Å². The molecule has 2 aromatic rings.